The molecule has 1 aliphatic rings. The maximum atomic E-state index is 11.7. The van der Waals surface area contributed by atoms with Crippen LogP contribution in [-0.4, -0.2) is 17.4 Å². The monoisotopic (exact) mass is 191 g/mol. The van der Waals surface area contributed by atoms with E-state index in [0.717, 1.165) is 5.69 Å². The van der Waals surface area contributed by atoms with Crippen molar-refractivity contribution in [3.63, 3.8) is 0 Å². The maximum absolute atomic E-state index is 11.7. The van der Waals surface area contributed by atoms with Gasteiger partial charge in [-0.1, -0.05) is 6.92 Å². The minimum atomic E-state index is 0.0914. The third-order valence-electron chi connectivity index (χ3n) is 2.32. The highest BCUT2D eigenvalue weighted by atomic mass is 16.5. The van der Waals surface area contributed by atoms with Gasteiger partial charge in [-0.15, -0.1) is 0 Å². The van der Waals surface area contributed by atoms with E-state index in [9.17, 15) is 4.79 Å². The van der Waals surface area contributed by atoms with Gasteiger partial charge in [0.25, 0.3) is 0 Å². The van der Waals surface area contributed by atoms with Crippen LogP contribution >= 0.6 is 0 Å². The molecule has 0 N–H and O–H groups in total. The fraction of sp³-hybridized carbons (Fsp3) is 0.455. The molecule has 1 unspecified atom stereocenters. The van der Waals surface area contributed by atoms with Crippen LogP contribution in [0.3, 0.4) is 0 Å². The number of carbonyl (C=O) groups excluding carboxylic acids is 1. The molecule has 74 valence electrons. The highest BCUT2D eigenvalue weighted by Crippen LogP contribution is 2.24. The number of pyridine rings is 1. The molecule has 0 aliphatic carbocycles. The molecule has 0 bridgehead atoms. The van der Waals surface area contributed by atoms with Crippen LogP contribution in [0.4, 0.5) is 0 Å². The summed E-state index contributed by atoms with van der Waals surface area (Å²) >= 11 is 0. The van der Waals surface area contributed by atoms with E-state index in [1.54, 1.807) is 0 Å². The number of ether oxygens (including phenoxy) is 1. The molecule has 0 spiro atoms. The van der Waals surface area contributed by atoms with Gasteiger partial charge in [-0.25, -0.2) is 4.98 Å². The molecule has 1 aliphatic heterocycles. The molecule has 0 saturated heterocycles. The normalized spacial score (nSPS) is 21.0. The Morgan fingerprint density at radius 3 is 3.07 bits per heavy atom. The van der Waals surface area contributed by atoms with Gasteiger partial charge in [0.05, 0.1) is 6.61 Å². The highest BCUT2D eigenvalue weighted by Gasteiger charge is 2.22. The Labute approximate surface area is 83.1 Å². The van der Waals surface area contributed by atoms with Crippen LogP contribution in [0.15, 0.2) is 12.1 Å². The Kier molecular flexibility index (Phi) is 2.23. The lowest BCUT2D eigenvalue weighted by atomic mass is 10.0. The molecule has 0 fully saturated rings. The van der Waals surface area contributed by atoms with Gasteiger partial charge >= 0.3 is 0 Å². The lowest BCUT2D eigenvalue weighted by Crippen LogP contribution is -2.08. The third-order valence-corrected chi connectivity index (χ3v) is 2.32. The second-order valence-electron chi connectivity index (χ2n) is 3.84. The molecule has 1 aromatic rings. The fourth-order valence-electron chi connectivity index (χ4n) is 1.56. The number of rotatable bonds is 0. The first kappa shape index (κ1) is 9.19. The van der Waals surface area contributed by atoms with Crippen LogP contribution in [0.5, 0.6) is 5.75 Å². The van der Waals surface area contributed by atoms with Crippen molar-refractivity contribution >= 4 is 5.78 Å². The van der Waals surface area contributed by atoms with E-state index in [1.165, 1.54) is 0 Å². The quantitative estimate of drug-likeness (QED) is 0.629. The minimum Gasteiger partial charge on any atom is -0.491 e. The molecular weight excluding hydrogens is 178 g/mol. The summed E-state index contributed by atoms with van der Waals surface area (Å²) in [5, 5.41) is 0. The van der Waals surface area contributed by atoms with Crippen molar-refractivity contribution in [2.75, 3.05) is 6.61 Å². The molecule has 0 aromatic carbocycles. The van der Waals surface area contributed by atoms with Crippen LogP contribution in [0.1, 0.15) is 29.5 Å². The highest BCUT2D eigenvalue weighted by molar-refractivity contribution is 5.97. The van der Waals surface area contributed by atoms with Crippen LogP contribution in [0, 0.1) is 12.8 Å². The van der Waals surface area contributed by atoms with Crippen LogP contribution < -0.4 is 4.74 Å². The van der Waals surface area contributed by atoms with Gasteiger partial charge in [0, 0.05) is 12.1 Å². The SMILES string of the molecule is Cc1ccc2c(n1)C(=O)CC(C)CO2. The van der Waals surface area contributed by atoms with E-state index in [4.69, 9.17) is 4.74 Å². The van der Waals surface area contributed by atoms with Gasteiger partial charge < -0.3 is 4.74 Å². The van der Waals surface area contributed by atoms with E-state index in [-0.39, 0.29) is 11.7 Å². The van der Waals surface area contributed by atoms with E-state index in [1.807, 2.05) is 26.0 Å². The Balaban J connectivity index is 2.44. The second-order valence-corrected chi connectivity index (χ2v) is 3.84. The smallest absolute Gasteiger partial charge is 0.185 e. The fourth-order valence-corrected chi connectivity index (χ4v) is 1.56. The van der Waals surface area contributed by atoms with Crippen LogP contribution in [0.2, 0.25) is 0 Å². The topological polar surface area (TPSA) is 39.2 Å². The molecular formula is C11H13NO2. The zero-order valence-corrected chi connectivity index (χ0v) is 8.41. The van der Waals surface area contributed by atoms with E-state index >= 15 is 0 Å². The van der Waals surface area contributed by atoms with Gasteiger partial charge in [-0.3, -0.25) is 4.79 Å². The molecule has 1 aromatic heterocycles. The average molecular weight is 191 g/mol. The summed E-state index contributed by atoms with van der Waals surface area (Å²) < 4.78 is 5.50. The Morgan fingerprint density at radius 2 is 2.29 bits per heavy atom. The van der Waals surface area contributed by atoms with E-state index in [0.29, 0.717) is 24.5 Å². The number of hydrogen-bond acceptors (Lipinski definition) is 3. The molecule has 14 heavy (non-hydrogen) atoms. The molecule has 3 nitrogen and oxygen atoms in total. The van der Waals surface area contributed by atoms with Gasteiger partial charge in [0.1, 0.15) is 11.4 Å². The first-order valence-corrected chi connectivity index (χ1v) is 4.80. The Morgan fingerprint density at radius 1 is 1.50 bits per heavy atom. The van der Waals surface area contributed by atoms with E-state index in [2.05, 4.69) is 4.98 Å². The summed E-state index contributed by atoms with van der Waals surface area (Å²) in [7, 11) is 0. The summed E-state index contributed by atoms with van der Waals surface area (Å²) in [5.74, 6) is 0.996. The summed E-state index contributed by atoms with van der Waals surface area (Å²) in [6.45, 7) is 4.49. The number of aromatic nitrogens is 1. The predicted octanol–water partition coefficient (Wildman–Crippen LogP) is 1.99. The number of fused-ring (bicyclic) bond motifs is 1. The summed E-state index contributed by atoms with van der Waals surface area (Å²) in [6, 6.07) is 3.69. The summed E-state index contributed by atoms with van der Waals surface area (Å²) in [6.07, 6.45) is 0.531. The van der Waals surface area contributed by atoms with Crippen molar-refractivity contribution in [1.29, 1.82) is 0 Å². The number of hydrogen-bond donors (Lipinski definition) is 0. The average Bonchev–Trinajstić information content (AvgIpc) is 2.27. The lowest BCUT2D eigenvalue weighted by Gasteiger charge is -2.06. The molecule has 0 saturated carbocycles. The number of ketones is 1. The second kappa shape index (κ2) is 3.40. The first-order chi connectivity index (χ1) is 6.66. The zero-order chi connectivity index (χ0) is 10.1. The van der Waals surface area contributed by atoms with Crippen molar-refractivity contribution in [3.8, 4) is 5.75 Å². The Bertz CT molecular complexity index is 374. The van der Waals surface area contributed by atoms with Gasteiger partial charge in [-0.05, 0) is 25.0 Å². The van der Waals surface area contributed by atoms with Gasteiger partial charge in [-0.2, -0.15) is 0 Å². The third kappa shape index (κ3) is 1.62. The molecule has 0 radical (unpaired) electrons. The van der Waals surface area contributed by atoms with Crippen molar-refractivity contribution in [2.45, 2.75) is 20.3 Å². The predicted molar refractivity (Wildman–Crippen MR) is 52.6 cm³/mol. The molecule has 2 rings (SSSR count). The molecule has 2 heterocycles. The maximum Gasteiger partial charge on any atom is 0.185 e. The molecule has 1 atom stereocenters. The minimum absolute atomic E-state index is 0.0914. The van der Waals surface area contributed by atoms with Gasteiger partial charge in [0.15, 0.2) is 5.78 Å². The number of aryl methyl sites for hydroxylation is 1. The summed E-state index contributed by atoms with van der Waals surface area (Å²) in [4.78, 5) is 15.9. The number of Topliss-reactive ketones (excluding diaryl/α,β-unsaturated/α-hetero) is 1. The first-order valence-electron chi connectivity index (χ1n) is 4.80. The lowest BCUT2D eigenvalue weighted by molar-refractivity contribution is 0.0962. The van der Waals surface area contributed by atoms with Crippen molar-refractivity contribution in [2.24, 2.45) is 5.92 Å². The summed E-state index contributed by atoms with van der Waals surface area (Å²) in [5.41, 5.74) is 1.35. The Hall–Kier alpha value is -1.38. The standard InChI is InChI=1S/C11H13NO2/c1-7-5-9(13)11-10(14-6-7)4-3-8(2)12-11/h3-4,7H,5-6H2,1-2H3. The molecule has 3 heteroatoms. The van der Waals surface area contributed by atoms with Gasteiger partial charge in [0.2, 0.25) is 0 Å². The number of nitrogens with zero attached hydrogens (tertiary/aromatic N) is 1. The van der Waals surface area contributed by atoms with Crippen molar-refractivity contribution < 1.29 is 9.53 Å². The van der Waals surface area contributed by atoms with Crippen LogP contribution in [0.25, 0.3) is 0 Å². The van der Waals surface area contributed by atoms with Crippen LogP contribution in [-0.2, 0) is 0 Å². The molecule has 0 amide bonds. The largest absolute Gasteiger partial charge is 0.491 e. The van der Waals surface area contributed by atoms with Crippen molar-refractivity contribution in [3.05, 3.63) is 23.5 Å². The van der Waals surface area contributed by atoms with E-state index < -0.39 is 0 Å². The number of carbonyl (C=O) groups is 1. The zero-order valence-electron chi connectivity index (χ0n) is 8.41. The van der Waals surface area contributed by atoms with Crippen molar-refractivity contribution in [1.82, 2.24) is 4.98 Å².